The molecule has 29 heavy (non-hydrogen) atoms. The number of halogens is 1. The number of thioether (sulfide) groups is 1. The average molecular weight is 440 g/mol. The Kier molecular flexibility index (Phi) is 8.22. The van der Waals surface area contributed by atoms with Crippen LogP contribution < -0.4 is 5.32 Å². The minimum atomic E-state index is -1.00. The molecule has 0 aliphatic rings. The highest BCUT2D eigenvalue weighted by atomic mass is 35.5. The third-order valence-corrected chi connectivity index (χ3v) is 4.81. The Balaban J connectivity index is 2.05. The lowest BCUT2D eigenvalue weighted by molar-refractivity contribution is -0.384. The van der Waals surface area contributed by atoms with Gasteiger partial charge in [-0.15, -0.1) is 0 Å². The van der Waals surface area contributed by atoms with Gasteiger partial charge in [-0.25, -0.2) is 4.79 Å². The van der Waals surface area contributed by atoms with E-state index >= 15 is 0 Å². The number of ether oxygens (including phenoxy) is 1. The van der Waals surface area contributed by atoms with E-state index in [-0.39, 0.29) is 22.7 Å². The van der Waals surface area contributed by atoms with Gasteiger partial charge in [0.15, 0.2) is 6.61 Å². The number of aromatic nitrogens is 1. The van der Waals surface area contributed by atoms with Crippen molar-refractivity contribution in [3.8, 4) is 0 Å². The summed E-state index contributed by atoms with van der Waals surface area (Å²) in [5, 5.41) is 13.2. The van der Waals surface area contributed by atoms with Gasteiger partial charge in [0.25, 0.3) is 11.6 Å². The van der Waals surface area contributed by atoms with Crippen molar-refractivity contribution in [2.45, 2.75) is 12.5 Å². The molecule has 0 bridgehead atoms. The van der Waals surface area contributed by atoms with E-state index in [0.717, 1.165) is 12.1 Å². The summed E-state index contributed by atoms with van der Waals surface area (Å²) < 4.78 is 5.05. The number of ketones is 1. The monoisotopic (exact) mass is 439 g/mol. The Labute approximate surface area is 175 Å². The first-order valence-electron chi connectivity index (χ1n) is 8.40. The smallest absolute Gasteiger partial charge is 0.329 e. The van der Waals surface area contributed by atoms with Gasteiger partial charge in [0.1, 0.15) is 6.04 Å². The van der Waals surface area contributed by atoms with Gasteiger partial charge in [0, 0.05) is 18.3 Å². The number of H-pyrrole nitrogens is 1. The lowest BCUT2D eigenvalue weighted by Crippen LogP contribution is -2.42. The molecule has 0 aliphatic heterocycles. The van der Waals surface area contributed by atoms with E-state index in [1.165, 1.54) is 17.8 Å². The highest BCUT2D eigenvalue weighted by molar-refractivity contribution is 7.98. The molecular formula is C18H18ClN3O6S. The number of nitrogens with zero attached hydrogens (tertiary/aromatic N) is 1. The molecular weight excluding hydrogens is 422 g/mol. The maximum absolute atomic E-state index is 12.5. The van der Waals surface area contributed by atoms with Crippen molar-refractivity contribution in [3.63, 3.8) is 0 Å². The first-order valence-corrected chi connectivity index (χ1v) is 10.2. The SMILES string of the molecule is CSCC[C@@H](NC(=O)c1ccc([N+](=O)[O-])cc1Cl)C(=O)OCC(=O)c1ccc[nH]1. The number of carbonyl (C=O) groups excluding carboxylic acids is 3. The summed E-state index contributed by atoms with van der Waals surface area (Å²) in [5.74, 6) is -1.29. The van der Waals surface area contributed by atoms with Crippen molar-refractivity contribution in [1.29, 1.82) is 0 Å². The second-order valence-corrected chi connectivity index (χ2v) is 7.24. The molecule has 1 atom stereocenters. The zero-order valence-corrected chi connectivity index (χ0v) is 16.9. The molecule has 11 heteroatoms. The highest BCUT2D eigenvalue weighted by Gasteiger charge is 2.25. The molecule has 1 aromatic carbocycles. The summed E-state index contributed by atoms with van der Waals surface area (Å²) in [6.07, 6.45) is 3.68. The summed E-state index contributed by atoms with van der Waals surface area (Å²) in [4.78, 5) is 49.7. The van der Waals surface area contributed by atoms with Gasteiger partial charge in [-0.1, -0.05) is 11.6 Å². The predicted octanol–water partition coefficient (Wildman–Crippen LogP) is 2.85. The number of rotatable bonds is 10. The number of benzene rings is 1. The maximum atomic E-state index is 12.5. The Morgan fingerprint density at radius 3 is 2.69 bits per heavy atom. The van der Waals surface area contributed by atoms with Gasteiger partial charge in [-0.3, -0.25) is 19.7 Å². The second-order valence-electron chi connectivity index (χ2n) is 5.84. The molecule has 1 amide bonds. The Bertz CT molecular complexity index is 903. The van der Waals surface area contributed by atoms with Crippen molar-refractivity contribution in [2.24, 2.45) is 0 Å². The molecule has 0 radical (unpaired) electrons. The van der Waals surface area contributed by atoms with Crippen molar-refractivity contribution < 1.29 is 24.0 Å². The van der Waals surface area contributed by atoms with Crippen LogP contribution in [0.5, 0.6) is 0 Å². The zero-order valence-electron chi connectivity index (χ0n) is 15.3. The van der Waals surface area contributed by atoms with E-state index in [0.29, 0.717) is 11.4 Å². The number of hydrogen-bond donors (Lipinski definition) is 2. The molecule has 2 aromatic rings. The fraction of sp³-hybridized carbons (Fsp3) is 0.278. The van der Waals surface area contributed by atoms with Gasteiger partial charge >= 0.3 is 5.97 Å². The molecule has 0 spiro atoms. The van der Waals surface area contributed by atoms with Crippen LogP contribution in [0.3, 0.4) is 0 Å². The average Bonchev–Trinajstić information content (AvgIpc) is 3.23. The lowest BCUT2D eigenvalue weighted by atomic mass is 10.1. The first-order chi connectivity index (χ1) is 13.8. The number of Topliss-reactive ketones (excluding diaryl/α,β-unsaturated/α-hetero) is 1. The predicted molar refractivity (Wildman–Crippen MR) is 108 cm³/mol. The molecule has 2 rings (SSSR count). The topological polar surface area (TPSA) is 131 Å². The van der Waals surface area contributed by atoms with Crippen molar-refractivity contribution in [3.05, 3.63) is 62.9 Å². The van der Waals surface area contributed by atoms with Crippen LogP contribution in [0, 0.1) is 10.1 Å². The standard InChI is InChI=1S/C18H18ClN3O6S/c1-29-8-6-15(18(25)28-10-16(23)14-3-2-7-20-14)21-17(24)12-5-4-11(22(26)27)9-13(12)19/h2-5,7,9,15,20H,6,8,10H2,1H3,(H,21,24)/t15-/m1/s1. The van der Waals surface area contributed by atoms with E-state index in [9.17, 15) is 24.5 Å². The number of carbonyl (C=O) groups is 3. The minimum Gasteiger partial charge on any atom is -0.456 e. The largest absolute Gasteiger partial charge is 0.456 e. The van der Waals surface area contributed by atoms with Gasteiger partial charge < -0.3 is 15.0 Å². The van der Waals surface area contributed by atoms with Crippen LogP contribution in [0.4, 0.5) is 5.69 Å². The second kappa shape index (κ2) is 10.6. The van der Waals surface area contributed by atoms with Gasteiger partial charge in [-0.05, 0) is 36.6 Å². The fourth-order valence-corrected chi connectivity index (χ4v) is 3.07. The minimum absolute atomic E-state index is 0.0123. The maximum Gasteiger partial charge on any atom is 0.329 e. The number of aromatic amines is 1. The molecule has 1 heterocycles. The molecule has 0 saturated heterocycles. The van der Waals surface area contributed by atoms with Crippen LogP contribution in [0.15, 0.2) is 36.5 Å². The van der Waals surface area contributed by atoms with E-state index < -0.39 is 35.2 Å². The van der Waals surface area contributed by atoms with Crippen LogP contribution in [0.2, 0.25) is 5.02 Å². The fourth-order valence-electron chi connectivity index (χ4n) is 2.34. The van der Waals surface area contributed by atoms with Crippen LogP contribution in [-0.2, 0) is 9.53 Å². The number of esters is 1. The number of nitro groups is 1. The first kappa shape index (κ1) is 22.4. The van der Waals surface area contributed by atoms with Crippen molar-refractivity contribution in [1.82, 2.24) is 10.3 Å². The molecule has 9 nitrogen and oxygen atoms in total. The van der Waals surface area contributed by atoms with Crippen molar-refractivity contribution >= 4 is 46.7 Å². The molecule has 154 valence electrons. The van der Waals surface area contributed by atoms with E-state index in [1.54, 1.807) is 18.3 Å². The molecule has 1 aromatic heterocycles. The van der Waals surface area contributed by atoms with Crippen molar-refractivity contribution in [2.75, 3.05) is 18.6 Å². The Morgan fingerprint density at radius 2 is 2.10 bits per heavy atom. The lowest BCUT2D eigenvalue weighted by Gasteiger charge is -2.17. The Hall–Kier alpha value is -2.85. The quantitative estimate of drug-likeness (QED) is 0.252. The Morgan fingerprint density at radius 1 is 1.34 bits per heavy atom. The summed E-state index contributed by atoms with van der Waals surface area (Å²) in [5.41, 5.74) is 0.0366. The number of nitrogens with one attached hydrogen (secondary N) is 2. The third kappa shape index (κ3) is 6.33. The summed E-state index contributed by atoms with van der Waals surface area (Å²) in [6, 6.07) is 5.61. The van der Waals surface area contributed by atoms with E-state index in [1.807, 2.05) is 6.26 Å². The number of amides is 1. The number of non-ortho nitro benzene ring substituents is 1. The molecule has 0 saturated carbocycles. The van der Waals surface area contributed by atoms with Gasteiger partial charge in [-0.2, -0.15) is 11.8 Å². The van der Waals surface area contributed by atoms with Crippen LogP contribution >= 0.6 is 23.4 Å². The van der Waals surface area contributed by atoms with Crippen LogP contribution in [0.1, 0.15) is 27.3 Å². The van der Waals surface area contributed by atoms with E-state index in [4.69, 9.17) is 16.3 Å². The van der Waals surface area contributed by atoms with Crippen LogP contribution in [0.25, 0.3) is 0 Å². The molecule has 0 unspecified atom stereocenters. The van der Waals surface area contributed by atoms with Crippen LogP contribution in [-0.4, -0.2) is 52.2 Å². The third-order valence-electron chi connectivity index (χ3n) is 3.85. The normalized spacial score (nSPS) is 11.5. The van der Waals surface area contributed by atoms with Gasteiger partial charge in [0.05, 0.1) is 21.2 Å². The number of nitro benzene ring substituents is 1. The number of hydrogen-bond acceptors (Lipinski definition) is 7. The van der Waals surface area contributed by atoms with Gasteiger partial charge in [0.2, 0.25) is 5.78 Å². The highest BCUT2D eigenvalue weighted by Crippen LogP contribution is 2.22. The zero-order chi connectivity index (χ0) is 21.4. The molecule has 0 fully saturated rings. The molecule has 0 aliphatic carbocycles. The van der Waals surface area contributed by atoms with E-state index in [2.05, 4.69) is 10.3 Å². The molecule has 2 N–H and O–H groups in total. The summed E-state index contributed by atoms with van der Waals surface area (Å²) in [6.45, 7) is -0.469. The summed E-state index contributed by atoms with van der Waals surface area (Å²) >= 11 is 7.43. The summed E-state index contributed by atoms with van der Waals surface area (Å²) in [7, 11) is 0.